The van der Waals surface area contributed by atoms with Gasteiger partial charge in [-0.2, -0.15) is 0 Å². The maximum Gasteiger partial charge on any atom is 0.317 e. The molecule has 3 aliphatic heterocycles. The Kier molecular flexibility index (Phi) is 5.14. The van der Waals surface area contributed by atoms with E-state index in [1.165, 1.54) is 22.4 Å². The van der Waals surface area contributed by atoms with E-state index >= 15 is 0 Å². The van der Waals surface area contributed by atoms with Crippen LogP contribution in [0, 0.1) is 6.92 Å². The maximum absolute atomic E-state index is 13.1. The third-order valence-electron chi connectivity index (χ3n) is 6.45. The average molecular weight is 405 g/mol. The molecule has 2 aromatic rings. The molecule has 1 fully saturated rings. The van der Waals surface area contributed by atoms with Crippen LogP contribution in [0.5, 0.6) is 0 Å². The SMILES string of the molecule is Cc1ccc([C@@H]2CNCC2NC(=O)N2CCC3=C(C2)C(c2ccncc2)NN3)cc1. The van der Waals surface area contributed by atoms with Crippen LogP contribution in [0.4, 0.5) is 4.79 Å². The number of rotatable bonds is 3. The smallest absolute Gasteiger partial charge is 0.317 e. The van der Waals surface area contributed by atoms with Crippen molar-refractivity contribution in [3.8, 4) is 0 Å². The van der Waals surface area contributed by atoms with Gasteiger partial charge in [-0.05, 0) is 35.8 Å². The van der Waals surface area contributed by atoms with Crippen LogP contribution in [0.2, 0.25) is 0 Å². The van der Waals surface area contributed by atoms with Gasteiger partial charge in [0.25, 0.3) is 0 Å². The number of nitrogens with one attached hydrogen (secondary N) is 4. The van der Waals surface area contributed by atoms with Crippen LogP contribution in [0.25, 0.3) is 0 Å². The molecule has 0 spiro atoms. The quantitative estimate of drug-likeness (QED) is 0.629. The molecular formula is C23H28N6O. The second-order valence-electron chi connectivity index (χ2n) is 8.39. The molecule has 2 amide bonds. The first-order valence-corrected chi connectivity index (χ1v) is 10.6. The van der Waals surface area contributed by atoms with Crippen LogP contribution in [0.3, 0.4) is 0 Å². The number of benzene rings is 1. The van der Waals surface area contributed by atoms with E-state index < -0.39 is 0 Å². The first-order chi connectivity index (χ1) is 14.7. The molecular weight excluding hydrogens is 376 g/mol. The van der Waals surface area contributed by atoms with Crippen molar-refractivity contribution in [1.82, 2.24) is 31.4 Å². The minimum atomic E-state index is 0.0211. The van der Waals surface area contributed by atoms with E-state index in [0.29, 0.717) is 12.5 Å². The molecule has 0 radical (unpaired) electrons. The number of hydrazine groups is 1. The standard InChI is InChI=1S/C23H28N6O/c1-15-2-4-16(5-3-15)18-12-25-13-21(18)26-23(30)29-11-8-20-19(14-29)22(28-27-20)17-6-9-24-10-7-17/h2-7,9-10,18,21-22,25,27-28H,8,11-14H2,1H3,(H,26,30)/t18-,21?,22?/m0/s1. The summed E-state index contributed by atoms with van der Waals surface area (Å²) < 4.78 is 0. The lowest BCUT2D eigenvalue weighted by atomic mass is 9.93. The lowest BCUT2D eigenvalue weighted by Crippen LogP contribution is -2.49. The first-order valence-electron chi connectivity index (χ1n) is 10.6. The topological polar surface area (TPSA) is 81.3 Å². The van der Waals surface area contributed by atoms with E-state index in [2.05, 4.69) is 57.7 Å². The monoisotopic (exact) mass is 404 g/mol. The third kappa shape index (κ3) is 3.66. The molecule has 1 aromatic heterocycles. The number of aromatic nitrogens is 1. The highest BCUT2D eigenvalue weighted by Crippen LogP contribution is 2.32. The van der Waals surface area contributed by atoms with Crippen LogP contribution in [-0.4, -0.2) is 48.1 Å². The predicted molar refractivity (Wildman–Crippen MR) is 116 cm³/mol. The highest BCUT2D eigenvalue weighted by atomic mass is 16.2. The second kappa shape index (κ2) is 8.08. The Morgan fingerprint density at radius 2 is 1.90 bits per heavy atom. The fourth-order valence-electron chi connectivity index (χ4n) is 4.70. The molecule has 3 aliphatic rings. The second-order valence-corrected chi connectivity index (χ2v) is 8.39. The predicted octanol–water partition coefficient (Wildman–Crippen LogP) is 1.96. The van der Waals surface area contributed by atoms with Gasteiger partial charge in [0.05, 0.1) is 12.1 Å². The van der Waals surface area contributed by atoms with Gasteiger partial charge in [-0.15, -0.1) is 0 Å². The largest absolute Gasteiger partial charge is 0.333 e. The number of hydrogen-bond acceptors (Lipinski definition) is 5. The van der Waals surface area contributed by atoms with E-state index in [9.17, 15) is 4.79 Å². The molecule has 4 N–H and O–H groups in total. The number of carbonyl (C=O) groups excluding carboxylic acids is 1. The van der Waals surface area contributed by atoms with Crippen molar-refractivity contribution in [2.24, 2.45) is 0 Å². The molecule has 0 bridgehead atoms. The van der Waals surface area contributed by atoms with Gasteiger partial charge >= 0.3 is 6.03 Å². The van der Waals surface area contributed by atoms with E-state index in [1.807, 2.05) is 17.0 Å². The summed E-state index contributed by atoms with van der Waals surface area (Å²) in [6.45, 7) is 5.14. The molecule has 7 heteroatoms. The number of amides is 2. The van der Waals surface area contributed by atoms with Gasteiger partial charge in [-0.25, -0.2) is 10.2 Å². The Morgan fingerprint density at radius 3 is 2.70 bits per heavy atom. The van der Waals surface area contributed by atoms with Crippen molar-refractivity contribution in [3.63, 3.8) is 0 Å². The van der Waals surface area contributed by atoms with Gasteiger partial charge in [0.2, 0.25) is 0 Å². The molecule has 156 valence electrons. The highest BCUT2D eigenvalue weighted by Gasteiger charge is 2.35. The Balaban J connectivity index is 1.26. The minimum Gasteiger partial charge on any atom is -0.333 e. The third-order valence-corrected chi connectivity index (χ3v) is 6.45. The van der Waals surface area contributed by atoms with Crippen molar-refractivity contribution in [2.75, 3.05) is 26.2 Å². The van der Waals surface area contributed by atoms with Crippen LogP contribution < -0.4 is 21.5 Å². The number of aryl methyl sites for hydroxylation is 1. The minimum absolute atomic E-state index is 0.0211. The summed E-state index contributed by atoms with van der Waals surface area (Å²) in [6.07, 6.45) is 4.45. The summed E-state index contributed by atoms with van der Waals surface area (Å²) in [5, 5.41) is 6.74. The average Bonchev–Trinajstić information content (AvgIpc) is 3.41. The zero-order valence-corrected chi connectivity index (χ0v) is 17.2. The fraction of sp³-hybridized carbons (Fsp3) is 0.391. The van der Waals surface area contributed by atoms with Gasteiger partial charge in [-0.3, -0.25) is 4.98 Å². The van der Waals surface area contributed by atoms with Gasteiger partial charge in [-0.1, -0.05) is 29.8 Å². The van der Waals surface area contributed by atoms with Gasteiger partial charge in [0.1, 0.15) is 0 Å². The molecule has 5 rings (SSSR count). The van der Waals surface area contributed by atoms with Gasteiger partial charge in [0, 0.05) is 56.6 Å². The molecule has 7 nitrogen and oxygen atoms in total. The maximum atomic E-state index is 13.1. The number of pyridine rings is 1. The summed E-state index contributed by atoms with van der Waals surface area (Å²) in [7, 11) is 0. The fourth-order valence-corrected chi connectivity index (χ4v) is 4.70. The van der Waals surface area contributed by atoms with Crippen molar-refractivity contribution < 1.29 is 4.79 Å². The highest BCUT2D eigenvalue weighted by molar-refractivity contribution is 5.75. The molecule has 30 heavy (non-hydrogen) atoms. The lowest BCUT2D eigenvalue weighted by Gasteiger charge is -2.31. The summed E-state index contributed by atoms with van der Waals surface area (Å²) in [5.41, 5.74) is 12.8. The van der Waals surface area contributed by atoms with E-state index in [-0.39, 0.29) is 18.1 Å². The summed E-state index contributed by atoms with van der Waals surface area (Å²) >= 11 is 0. The van der Waals surface area contributed by atoms with Crippen molar-refractivity contribution in [1.29, 1.82) is 0 Å². The van der Waals surface area contributed by atoms with Crippen molar-refractivity contribution in [3.05, 3.63) is 76.8 Å². The van der Waals surface area contributed by atoms with Crippen LogP contribution in [0.1, 0.15) is 35.1 Å². The molecule has 3 atom stereocenters. The first kappa shape index (κ1) is 19.1. The molecule has 2 unspecified atom stereocenters. The van der Waals surface area contributed by atoms with Crippen LogP contribution >= 0.6 is 0 Å². The number of nitrogens with zero attached hydrogens (tertiary/aromatic N) is 2. The molecule has 0 saturated carbocycles. The summed E-state index contributed by atoms with van der Waals surface area (Å²) in [4.78, 5) is 19.2. The van der Waals surface area contributed by atoms with Crippen LogP contribution in [0.15, 0.2) is 60.1 Å². The van der Waals surface area contributed by atoms with Crippen molar-refractivity contribution in [2.45, 2.75) is 31.3 Å². The Hall–Kier alpha value is -2.90. The number of hydrogen-bond donors (Lipinski definition) is 4. The Morgan fingerprint density at radius 1 is 1.10 bits per heavy atom. The summed E-state index contributed by atoms with van der Waals surface area (Å²) in [6, 6.07) is 12.9. The Labute approximate surface area is 176 Å². The van der Waals surface area contributed by atoms with Crippen LogP contribution in [-0.2, 0) is 0 Å². The van der Waals surface area contributed by atoms with E-state index in [0.717, 1.165) is 31.6 Å². The summed E-state index contributed by atoms with van der Waals surface area (Å²) in [5.74, 6) is 0.300. The van der Waals surface area contributed by atoms with Gasteiger partial charge < -0.3 is 21.0 Å². The zero-order chi connectivity index (χ0) is 20.5. The molecule has 1 saturated heterocycles. The number of urea groups is 1. The molecule has 4 heterocycles. The van der Waals surface area contributed by atoms with Crippen molar-refractivity contribution >= 4 is 6.03 Å². The number of carbonyl (C=O) groups is 1. The lowest BCUT2D eigenvalue weighted by molar-refractivity contribution is 0.195. The normalized spacial score (nSPS) is 25.8. The zero-order valence-electron chi connectivity index (χ0n) is 17.2. The Bertz CT molecular complexity index is 942. The molecule has 1 aromatic carbocycles. The van der Waals surface area contributed by atoms with E-state index in [1.54, 1.807) is 12.4 Å². The van der Waals surface area contributed by atoms with Gasteiger partial charge in [0.15, 0.2) is 0 Å². The van der Waals surface area contributed by atoms with E-state index in [4.69, 9.17) is 0 Å². The molecule has 0 aliphatic carbocycles.